The van der Waals surface area contributed by atoms with E-state index in [-0.39, 0.29) is 30.1 Å². The molecule has 156 valence electrons. The summed E-state index contributed by atoms with van der Waals surface area (Å²) in [7, 11) is -3.09. The van der Waals surface area contributed by atoms with Crippen LogP contribution in [-0.2, 0) is 21.2 Å². The summed E-state index contributed by atoms with van der Waals surface area (Å²) in [6.45, 7) is 6.54. The highest BCUT2D eigenvalue weighted by Gasteiger charge is 2.34. The summed E-state index contributed by atoms with van der Waals surface area (Å²) in [5.41, 5.74) is 3.34. The molecule has 0 aliphatic carbocycles. The summed E-state index contributed by atoms with van der Waals surface area (Å²) in [4.78, 5) is 14.6. The van der Waals surface area contributed by atoms with Crippen LogP contribution in [0.5, 0.6) is 5.75 Å². The molecule has 2 aromatic rings. The van der Waals surface area contributed by atoms with Gasteiger partial charge in [-0.2, -0.15) is 0 Å². The Kier molecular flexibility index (Phi) is 6.63. The maximum absolute atomic E-state index is 13.0. The number of hydrogen-bond donors (Lipinski definition) is 0. The molecule has 1 fully saturated rings. The van der Waals surface area contributed by atoms with Crippen molar-refractivity contribution in [3.8, 4) is 5.75 Å². The van der Waals surface area contributed by atoms with E-state index in [4.69, 9.17) is 4.74 Å². The Balaban J connectivity index is 1.73. The summed E-state index contributed by atoms with van der Waals surface area (Å²) in [5, 5.41) is 0. The first kappa shape index (κ1) is 21.4. The second-order valence-corrected chi connectivity index (χ2v) is 10.3. The average molecular weight is 416 g/mol. The van der Waals surface area contributed by atoms with Crippen LogP contribution >= 0.6 is 0 Å². The zero-order chi connectivity index (χ0) is 21.0. The lowest BCUT2D eigenvalue weighted by molar-refractivity contribution is -0.136. The molecule has 1 atom stereocenters. The molecule has 1 aliphatic rings. The number of aryl methyl sites for hydroxylation is 1. The summed E-state index contributed by atoms with van der Waals surface area (Å²) >= 11 is 0. The first-order valence-electron chi connectivity index (χ1n) is 10.0. The van der Waals surface area contributed by atoms with E-state index in [1.807, 2.05) is 43.3 Å². The van der Waals surface area contributed by atoms with Gasteiger partial charge in [0, 0.05) is 12.6 Å². The summed E-state index contributed by atoms with van der Waals surface area (Å²) < 4.78 is 29.6. The molecule has 2 aromatic carbocycles. The molecule has 0 unspecified atom stereocenters. The van der Waals surface area contributed by atoms with Gasteiger partial charge in [0.05, 0.1) is 11.5 Å². The highest BCUT2D eigenvalue weighted by Crippen LogP contribution is 2.22. The van der Waals surface area contributed by atoms with E-state index in [2.05, 4.69) is 26.0 Å². The lowest BCUT2D eigenvalue weighted by atomic mass is 10.0. The third kappa shape index (κ3) is 5.82. The molecule has 1 saturated heterocycles. The molecule has 3 rings (SSSR count). The lowest BCUT2D eigenvalue weighted by Gasteiger charge is -2.28. The number of carbonyl (C=O) groups excluding carboxylic acids is 1. The topological polar surface area (TPSA) is 63.7 Å². The van der Waals surface area contributed by atoms with Gasteiger partial charge in [0.15, 0.2) is 16.4 Å². The van der Waals surface area contributed by atoms with Crippen molar-refractivity contribution in [2.24, 2.45) is 0 Å². The fraction of sp³-hybridized carbons (Fsp3) is 0.435. The zero-order valence-corrected chi connectivity index (χ0v) is 18.1. The Bertz CT molecular complexity index is 934. The summed E-state index contributed by atoms with van der Waals surface area (Å²) in [5.74, 6) is 1.02. The number of carbonyl (C=O) groups is 1. The minimum absolute atomic E-state index is 0.0212. The van der Waals surface area contributed by atoms with Crippen LogP contribution in [0.3, 0.4) is 0 Å². The fourth-order valence-electron chi connectivity index (χ4n) is 3.51. The first-order chi connectivity index (χ1) is 13.7. The number of benzene rings is 2. The fourth-order valence-corrected chi connectivity index (χ4v) is 5.24. The lowest BCUT2D eigenvalue weighted by Crippen LogP contribution is -2.43. The van der Waals surface area contributed by atoms with Crippen molar-refractivity contribution < 1.29 is 17.9 Å². The van der Waals surface area contributed by atoms with Gasteiger partial charge < -0.3 is 9.64 Å². The monoisotopic (exact) mass is 415 g/mol. The Morgan fingerprint density at radius 1 is 1.10 bits per heavy atom. The van der Waals surface area contributed by atoms with Crippen LogP contribution in [0.2, 0.25) is 0 Å². The van der Waals surface area contributed by atoms with Crippen molar-refractivity contribution >= 4 is 15.7 Å². The highest BCUT2D eigenvalue weighted by molar-refractivity contribution is 7.91. The standard InChI is InChI=1S/C23H29NO4S/c1-17(2)20-8-6-19(7-9-20)14-24(21-12-13-29(26,27)16-21)23(25)15-28-22-10-4-18(3)5-11-22/h4-11,17,21H,12-16H2,1-3H3/t21-/m0/s1. The molecule has 29 heavy (non-hydrogen) atoms. The normalized spacial score (nSPS) is 18.0. The van der Waals surface area contributed by atoms with Gasteiger partial charge in [0.25, 0.3) is 5.91 Å². The van der Waals surface area contributed by atoms with E-state index in [0.29, 0.717) is 24.6 Å². The van der Waals surface area contributed by atoms with Gasteiger partial charge in [0.1, 0.15) is 5.75 Å². The zero-order valence-electron chi connectivity index (χ0n) is 17.3. The molecular formula is C23H29NO4S. The van der Waals surface area contributed by atoms with Crippen molar-refractivity contribution in [2.45, 2.75) is 45.7 Å². The molecule has 6 heteroatoms. The molecule has 1 amide bonds. The van der Waals surface area contributed by atoms with Crippen LogP contribution in [0.1, 0.15) is 42.9 Å². The maximum Gasteiger partial charge on any atom is 0.261 e. The largest absolute Gasteiger partial charge is 0.484 e. The van der Waals surface area contributed by atoms with Crippen molar-refractivity contribution in [1.29, 1.82) is 0 Å². The van der Waals surface area contributed by atoms with Crippen LogP contribution in [0.4, 0.5) is 0 Å². The third-order valence-electron chi connectivity index (χ3n) is 5.35. The molecule has 0 radical (unpaired) electrons. The van der Waals surface area contributed by atoms with E-state index < -0.39 is 9.84 Å². The summed E-state index contributed by atoms with van der Waals surface area (Å²) in [6, 6.07) is 15.4. The third-order valence-corrected chi connectivity index (χ3v) is 7.10. The van der Waals surface area contributed by atoms with Gasteiger partial charge in [-0.05, 0) is 42.5 Å². The van der Waals surface area contributed by atoms with Crippen LogP contribution in [0, 0.1) is 6.92 Å². The predicted molar refractivity (Wildman–Crippen MR) is 115 cm³/mol. The Morgan fingerprint density at radius 3 is 2.31 bits per heavy atom. The van der Waals surface area contributed by atoms with Crippen molar-refractivity contribution in [3.05, 3.63) is 65.2 Å². The Morgan fingerprint density at radius 2 is 1.76 bits per heavy atom. The van der Waals surface area contributed by atoms with E-state index in [9.17, 15) is 13.2 Å². The molecule has 0 aromatic heterocycles. The maximum atomic E-state index is 13.0. The minimum atomic E-state index is -3.09. The van der Waals surface area contributed by atoms with E-state index in [1.54, 1.807) is 4.90 Å². The first-order valence-corrected chi connectivity index (χ1v) is 11.8. The molecule has 1 heterocycles. The van der Waals surface area contributed by atoms with Gasteiger partial charge in [-0.25, -0.2) is 8.42 Å². The second-order valence-electron chi connectivity index (χ2n) is 8.08. The van der Waals surface area contributed by atoms with Gasteiger partial charge in [-0.15, -0.1) is 0 Å². The van der Waals surface area contributed by atoms with Crippen LogP contribution in [0.15, 0.2) is 48.5 Å². The van der Waals surface area contributed by atoms with Gasteiger partial charge in [-0.1, -0.05) is 55.8 Å². The Hall–Kier alpha value is -2.34. The predicted octanol–water partition coefficient (Wildman–Crippen LogP) is 3.71. The number of sulfone groups is 1. The number of ether oxygens (including phenoxy) is 1. The van der Waals surface area contributed by atoms with Crippen LogP contribution < -0.4 is 4.74 Å². The molecule has 0 N–H and O–H groups in total. The van der Waals surface area contributed by atoms with Gasteiger partial charge in [0.2, 0.25) is 0 Å². The second kappa shape index (κ2) is 8.99. The number of amides is 1. The number of nitrogens with zero attached hydrogens (tertiary/aromatic N) is 1. The SMILES string of the molecule is Cc1ccc(OCC(=O)N(Cc2ccc(C(C)C)cc2)[C@H]2CCS(=O)(=O)C2)cc1. The molecule has 0 spiro atoms. The Labute approximate surface area is 173 Å². The van der Waals surface area contributed by atoms with E-state index >= 15 is 0 Å². The molecule has 0 saturated carbocycles. The van der Waals surface area contributed by atoms with Gasteiger partial charge in [-0.3, -0.25) is 4.79 Å². The van der Waals surface area contributed by atoms with Crippen LogP contribution in [-0.4, -0.2) is 43.4 Å². The highest BCUT2D eigenvalue weighted by atomic mass is 32.2. The molecular weight excluding hydrogens is 386 g/mol. The van der Waals surface area contributed by atoms with E-state index in [0.717, 1.165) is 11.1 Å². The molecule has 5 nitrogen and oxygen atoms in total. The van der Waals surface area contributed by atoms with Crippen LogP contribution in [0.25, 0.3) is 0 Å². The minimum Gasteiger partial charge on any atom is -0.484 e. The smallest absolute Gasteiger partial charge is 0.261 e. The number of hydrogen-bond acceptors (Lipinski definition) is 4. The quantitative estimate of drug-likeness (QED) is 0.692. The summed E-state index contributed by atoms with van der Waals surface area (Å²) in [6.07, 6.45) is 0.475. The van der Waals surface area contributed by atoms with Crippen molar-refractivity contribution in [2.75, 3.05) is 18.1 Å². The van der Waals surface area contributed by atoms with Crippen molar-refractivity contribution in [3.63, 3.8) is 0 Å². The average Bonchev–Trinajstić information content (AvgIpc) is 3.05. The van der Waals surface area contributed by atoms with Gasteiger partial charge >= 0.3 is 0 Å². The van der Waals surface area contributed by atoms with E-state index in [1.165, 1.54) is 5.56 Å². The number of rotatable bonds is 7. The molecule has 1 aliphatic heterocycles. The van der Waals surface area contributed by atoms with Crippen molar-refractivity contribution in [1.82, 2.24) is 4.90 Å². The molecule has 0 bridgehead atoms.